The van der Waals surface area contributed by atoms with Gasteiger partial charge in [-0.3, -0.25) is 37.0 Å². The molecule has 0 saturated carbocycles. The van der Waals surface area contributed by atoms with Crippen LogP contribution in [0.5, 0.6) is 0 Å². The molecule has 1 aliphatic rings. The summed E-state index contributed by atoms with van der Waals surface area (Å²) in [6.07, 6.45) is 1.84. The molecule has 0 spiro atoms. The molecular formula is C15H24N3O14P3. The molecule has 1 aliphatic heterocycles. The number of ether oxygens (including phenoxy) is 1. The minimum atomic E-state index is -4.94. The van der Waals surface area contributed by atoms with Crippen LogP contribution in [0, 0.1) is 12.3 Å². The lowest BCUT2D eigenvalue weighted by Crippen LogP contribution is -2.55. The van der Waals surface area contributed by atoms with Gasteiger partial charge in [0, 0.05) is 40.7 Å². The Bertz CT molecular complexity index is 1200. The van der Waals surface area contributed by atoms with Crippen LogP contribution in [0.25, 0.3) is 0 Å². The van der Waals surface area contributed by atoms with Crippen LogP contribution in [0.1, 0.15) is 6.23 Å². The first-order valence-electron chi connectivity index (χ1n) is 9.26. The summed E-state index contributed by atoms with van der Waals surface area (Å²) in [4.78, 5) is 25.5. The first-order valence-corrected chi connectivity index (χ1v) is 13.6. The number of H-pyrrole nitrogens is 1. The Morgan fingerprint density at radius 1 is 1.11 bits per heavy atom. The Kier molecular flexibility index (Phi) is 9.60. The van der Waals surface area contributed by atoms with Gasteiger partial charge in [0.2, 0.25) is 0 Å². The molecule has 0 aliphatic carbocycles. The van der Waals surface area contributed by atoms with Crippen LogP contribution in [-0.2, 0) is 49.7 Å². The summed E-state index contributed by atoms with van der Waals surface area (Å²) in [6, 6.07) is 0.992. The molecule has 17 nitrogen and oxygen atoms in total. The van der Waals surface area contributed by atoms with Gasteiger partial charge in [-0.05, 0) is 0 Å². The normalized spacial score (nSPS) is 28.2. The molecule has 0 radical (unpaired) electrons. The van der Waals surface area contributed by atoms with Gasteiger partial charge in [0.15, 0.2) is 11.8 Å². The predicted molar refractivity (Wildman–Crippen MR) is 116 cm³/mol. The number of aliphatic hydroxyl groups excluding tert-OH is 1. The monoisotopic (exact) mass is 563 g/mol. The molecule has 1 aromatic rings. The highest BCUT2D eigenvalue weighted by atomic mass is 31.3. The molecule has 35 heavy (non-hydrogen) atoms. The second kappa shape index (κ2) is 11.3. The number of hydrogen-bond acceptors (Lipinski definition) is 15. The van der Waals surface area contributed by atoms with Crippen molar-refractivity contribution in [3.8, 4) is 12.3 Å². The number of phosphoric acid groups is 3. The Balaban J connectivity index is 2.25. The van der Waals surface area contributed by atoms with Crippen molar-refractivity contribution in [2.24, 2.45) is 5.73 Å². The van der Waals surface area contributed by atoms with Crippen LogP contribution in [0.15, 0.2) is 21.9 Å². The van der Waals surface area contributed by atoms with Crippen molar-refractivity contribution < 1.29 is 54.8 Å². The third-order valence-corrected chi connectivity index (χ3v) is 10.1. The number of aromatic nitrogens is 2. The van der Waals surface area contributed by atoms with E-state index in [2.05, 4.69) is 28.3 Å². The van der Waals surface area contributed by atoms with Crippen molar-refractivity contribution >= 4 is 23.5 Å². The number of aromatic amines is 1. The van der Waals surface area contributed by atoms with Gasteiger partial charge < -0.3 is 15.6 Å². The standard InChI is InChI=1S/C15H24N3O14P3/c1-6-15(16)12(20)10(30-13(15)18-8-7-11(19)17-14(18)21)9-29-34(23,27-4)32-35(24,28-5)31-33(22,25-2)26-3/h1,7-8,10,12-13,20H,9,16H2,2-5H3,(H,17,19,21)/t10-,12-,13-,15-,34?,35?/m1/s1. The highest BCUT2D eigenvalue weighted by molar-refractivity contribution is 7.67. The van der Waals surface area contributed by atoms with E-state index in [-0.39, 0.29) is 0 Å². The van der Waals surface area contributed by atoms with Crippen LogP contribution in [0.3, 0.4) is 0 Å². The second-order valence-corrected chi connectivity index (χ2v) is 12.3. The third-order valence-electron chi connectivity index (χ3n) is 4.60. The highest BCUT2D eigenvalue weighted by Gasteiger charge is 2.55. The smallest absolute Gasteiger partial charge is 0.387 e. The van der Waals surface area contributed by atoms with E-state index in [9.17, 15) is 28.4 Å². The molecule has 20 heteroatoms. The number of nitrogens with two attached hydrogens (primary N) is 1. The Morgan fingerprint density at radius 2 is 1.66 bits per heavy atom. The number of rotatable bonds is 12. The molecule has 2 rings (SSSR count). The van der Waals surface area contributed by atoms with E-state index in [0.29, 0.717) is 0 Å². The predicted octanol–water partition coefficient (Wildman–Crippen LogP) is 0.0853. The first kappa shape index (κ1) is 29.8. The SMILES string of the molecule is C#C[C@@]1(N)[C@H](O)[C@@H](COP(=O)(OC)OP(=O)(OC)OP(=O)(OC)OC)O[C@H]1n1ccc(=O)[nH]c1=O. The maximum absolute atomic E-state index is 12.9. The van der Waals surface area contributed by atoms with Crippen molar-refractivity contribution in [2.75, 3.05) is 35.0 Å². The van der Waals surface area contributed by atoms with Crippen LogP contribution < -0.4 is 17.0 Å². The summed E-state index contributed by atoms with van der Waals surface area (Å²) in [7, 11) is -10.7. The van der Waals surface area contributed by atoms with E-state index in [1.165, 1.54) is 0 Å². The van der Waals surface area contributed by atoms with Gasteiger partial charge in [-0.15, -0.1) is 6.42 Å². The van der Waals surface area contributed by atoms with E-state index < -0.39 is 65.3 Å². The van der Waals surface area contributed by atoms with Crippen LogP contribution >= 0.6 is 23.5 Å². The fourth-order valence-corrected chi connectivity index (χ4v) is 7.20. The minimum Gasteiger partial charge on any atom is -0.387 e. The van der Waals surface area contributed by atoms with E-state index >= 15 is 0 Å². The number of nitrogens with zero attached hydrogens (tertiary/aromatic N) is 1. The maximum atomic E-state index is 12.9. The van der Waals surface area contributed by atoms with E-state index in [1.54, 1.807) is 0 Å². The van der Waals surface area contributed by atoms with Gasteiger partial charge in [-0.2, -0.15) is 8.62 Å². The van der Waals surface area contributed by atoms with Crippen LogP contribution in [0.2, 0.25) is 0 Å². The van der Waals surface area contributed by atoms with Crippen molar-refractivity contribution in [3.63, 3.8) is 0 Å². The molecule has 2 heterocycles. The van der Waals surface area contributed by atoms with Crippen LogP contribution in [0.4, 0.5) is 0 Å². The van der Waals surface area contributed by atoms with Gasteiger partial charge in [0.1, 0.15) is 12.2 Å². The van der Waals surface area contributed by atoms with Crippen molar-refractivity contribution in [1.82, 2.24) is 9.55 Å². The molecule has 1 fully saturated rings. The van der Waals surface area contributed by atoms with Gasteiger partial charge in [0.25, 0.3) is 5.56 Å². The van der Waals surface area contributed by atoms with E-state index in [1.807, 2.05) is 4.98 Å². The summed E-state index contributed by atoms with van der Waals surface area (Å²) in [5, 5.41) is 10.6. The molecule has 2 unspecified atom stereocenters. The number of aliphatic hydroxyl groups is 1. The highest BCUT2D eigenvalue weighted by Crippen LogP contribution is 2.72. The maximum Gasteiger partial charge on any atom is 0.492 e. The molecule has 0 aromatic carbocycles. The molecule has 0 amide bonds. The largest absolute Gasteiger partial charge is 0.492 e. The fraction of sp³-hybridized carbons (Fsp3) is 0.600. The fourth-order valence-electron chi connectivity index (χ4n) is 2.74. The number of phosphoric ester groups is 2. The lowest BCUT2D eigenvalue weighted by molar-refractivity contribution is -0.0475. The lowest BCUT2D eigenvalue weighted by atomic mass is 9.92. The Hall–Kier alpha value is -1.47. The summed E-state index contributed by atoms with van der Waals surface area (Å²) in [5.41, 5.74) is 2.42. The van der Waals surface area contributed by atoms with Crippen molar-refractivity contribution in [2.45, 2.75) is 24.0 Å². The molecule has 1 saturated heterocycles. The molecule has 1 aromatic heterocycles. The summed E-state index contributed by atoms with van der Waals surface area (Å²) in [5.74, 6) is 2.13. The van der Waals surface area contributed by atoms with E-state index in [4.69, 9.17) is 25.7 Å². The zero-order valence-corrected chi connectivity index (χ0v) is 21.5. The van der Waals surface area contributed by atoms with Gasteiger partial charge in [-0.1, -0.05) is 5.92 Å². The molecular weight excluding hydrogens is 539 g/mol. The Labute approximate surface area is 198 Å². The number of hydrogen-bond donors (Lipinski definition) is 3. The summed E-state index contributed by atoms with van der Waals surface area (Å²) >= 11 is 0. The molecule has 0 bridgehead atoms. The average molecular weight is 563 g/mol. The first-order chi connectivity index (χ1) is 16.2. The van der Waals surface area contributed by atoms with Gasteiger partial charge in [-0.25, -0.2) is 18.5 Å². The Morgan fingerprint density at radius 3 is 2.14 bits per heavy atom. The number of terminal acetylenes is 1. The van der Waals surface area contributed by atoms with E-state index in [0.717, 1.165) is 45.3 Å². The minimum absolute atomic E-state index is 0.706. The van der Waals surface area contributed by atoms with Crippen molar-refractivity contribution in [3.05, 3.63) is 33.1 Å². The zero-order chi connectivity index (χ0) is 26.7. The molecule has 6 atom stereocenters. The third kappa shape index (κ3) is 6.46. The van der Waals surface area contributed by atoms with Crippen LogP contribution in [-0.4, -0.2) is 67.5 Å². The summed E-state index contributed by atoms with van der Waals surface area (Å²) < 4.78 is 76.5. The van der Waals surface area contributed by atoms with Crippen molar-refractivity contribution in [1.29, 1.82) is 0 Å². The second-order valence-electron chi connectivity index (χ2n) is 6.60. The van der Waals surface area contributed by atoms with Gasteiger partial charge >= 0.3 is 29.2 Å². The quantitative estimate of drug-likeness (QED) is 0.226. The molecule has 198 valence electrons. The molecule has 4 N–H and O–H groups in total. The van der Waals surface area contributed by atoms with Gasteiger partial charge in [0.05, 0.1) is 6.61 Å². The average Bonchev–Trinajstić information content (AvgIpc) is 3.08. The lowest BCUT2D eigenvalue weighted by Gasteiger charge is -2.27. The summed E-state index contributed by atoms with van der Waals surface area (Å²) in [6.45, 7) is -0.808. The zero-order valence-electron chi connectivity index (χ0n) is 18.8. The topological polar surface area (TPSA) is 226 Å². The number of nitrogens with one attached hydrogen (secondary N) is 1.